The monoisotopic (exact) mass is 286 g/mol. The van der Waals surface area contributed by atoms with Gasteiger partial charge in [0.15, 0.2) is 5.82 Å². The van der Waals surface area contributed by atoms with Crippen LogP contribution < -0.4 is 10.1 Å². The fourth-order valence-corrected chi connectivity index (χ4v) is 2.28. The maximum Gasteiger partial charge on any atom is 0.165 e. The van der Waals surface area contributed by atoms with E-state index in [0.29, 0.717) is 12.6 Å². The Morgan fingerprint density at radius 1 is 1.33 bits per heavy atom. The van der Waals surface area contributed by atoms with Crippen molar-refractivity contribution in [2.45, 2.75) is 51.9 Å². The number of ether oxygens (including phenoxy) is 1. The average Bonchev–Trinajstić information content (AvgIpc) is 3.19. The molecule has 3 rings (SSSR count). The van der Waals surface area contributed by atoms with Crippen molar-refractivity contribution >= 4 is 0 Å². The maximum atomic E-state index is 5.96. The molecule has 1 aromatic heterocycles. The number of nitrogens with zero attached hydrogens (tertiary/aromatic N) is 3. The minimum Gasteiger partial charge on any atom is -0.485 e. The van der Waals surface area contributed by atoms with Gasteiger partial charge >= 0.3 is 0 Å². The van der Waals surface area contributed by atoms with Gasteiger partial charge in [-0.2, -0.15) is 5.10 Å². The molecule has 1 fully saturated rings. The Balaban J connectivity index is 1.65. The summed E-state index contributed by atoms with van der Waals surface area (Å²) >= 11 is 0. The highest BCUT2D eigenvalue weighted by molar-refractivity contribution is 5.33. The summed E-state index contributed by atoms with van der Waals surface area (Å²) in [7, 11) is 0. The van der Waals surface area contributed by atoms with E-state index >= 15 is 0 Å². The van der Waals surface area contributed by atoms with Crippen molar-refractivity contribution in [2.75, 3.05) is 0 Å². The SMILES string of the molecule is CC(C)n1ncnc1COc1ccccc1CNC1CC1. The Labute approximate surface area is 125 Å². The lowest BCUT2D eigenvalue weighted by Gasteiger charge is -2.13. The molecule has 2 aromatic rings. The van der Waals surface area contributed by atoms with Crippen LogP contribution in [0.15, 0.2) is 30.6 Å². The molecule has 1 aliphatic rings. The lowest BCUT2D eigenvalue weighted by Crippen LogP contribution is -2.16. The van der Waals surface area contributed by atoms with Crippen LogP contribution in [0.25, 0.3) is 0 Å². The normalized spacial score (nSPS) is 14.6. The number of para-hydroxylation sites is 1. The highest BCUT2D eigenvalue weighted by atomic mass is 16.5. The molecule has 5 heteroatoms. The Hall–Kier alpha value is -1.88. The summed E-state index contributed by atoms with van der Waals surface area (Å²) in [4.78, 5) is 4.28. The van der Waals surface area contributed by atoms with Crippen molar-refractivity contribution in [3.05, 3.63) is 42.0 Å². The number of nitrogens with one attached hydrogen (secondary N) is 1. The third-order valence-electron chi connectivity index (χ3n) is 3.62. The van der Waals surface area contributed by atoms with Gasteiger partial charge < -0.3 is 10.1 Å². The van der Waals surface area contributed by atoms with Gasteiger partial charge in [-0.15, -0.1) is 0 Å². The van der Waals surface area contributed by atoms with Crippen LogP contribution in [0.1, 0.15) is 44.1 Å². The van der Waals surface area contributed by atoms with E-state index in [1.807, 2.05) is 22.9 Å². The van der Waals surface area contributed by atoms with Crippen LogP contribution in [0, 0.1) is 0 Å². The standard InChI is InChI=1S/C16H22N4O/c1-12(2)20-16(18-11-19-20)10-21-15-6-4-3-5-13(15)9-17-14-7-8-14/h3-6,11-12,14,17H,7-10H2,1-2H3. The first-order valence-electron chi connectivity index (χ1n) is 7.56. The first kappa shape index (κ1) is 14.1. The van der Waals surface area contributed by atoms with Crippen molar-refractivity contribution in [1.29, 1.82) is 0 Å². The third-order valence-corrected chi connectivity index (χ3v) is 3.62. The molecule has 5 nitrogen and oxygen atoms in total. The fraction of sp³-hybridized carbons (Fsp3) is 0.500. The maximum absolute atomic E-state index is 5.96. The molecule has 1 aromatic carbocycles. The number of aromatic nitrogens is 3. The second-order valence-corrected chi connectivity index (χ2v) is 5.77. The minimum atomic E-state index is 0.290. The van der Waals surface area contributed by atoms with Gasteiger partial charge in [0.1, 0.15) is 18.7 Å². The lowest BCUT2D eigenvalue weighted by molar-refractivity contribution is 0.279. The van der Waals surface area contributed by atoms with E-state index in [1.54, 1.807) is 6.33 Å². The van der Waals surface area contributed by atoms with E-state index in [1.165, 1.54) is 18.4 Å². The summed E-state index contributed by atoms with van der Waals surface area (Å²) in [5.74, 6) is 1.78. The van der Waals surface area contributed by atoms with Gasteiger partial charge in [0.25, 0.3) is 0 Å². The molecule has 0 spiro atoms. The van der Waals surface area contributed by atoms with Crippen LogP contribution in [0.2, 0.25) is 0 Å². The van der Waals surface area contributed by atoms with Crippen LogP contribution >= 0.6 is 0 Å². The topological polar surface area (TPSA) is 52.0 Å². The zero-order valence-electron chi connectivity index (χ0n) is 12.6. The molecule has 1 N–H and O–H groups in total. The van der Waals surface area contributed by atoms with Crippen LogP contribution in [0.3, 0.4) is 0 Å². The fourth-order valence-electron chi connectivity index (χ4n) is 2.28. The molecular weight excluding hydrogens is 264 g/mol. The van der Waals surface area contributed by atoms with Crippen molar-refractivity contribution < 1.29 is 4.74 Å². The van der Waals surface area contributed by atoms with Gasteiger partial charge in [0, 0.05) is 24.2 Å². The van der Waals surface area contributed by atoms with Gasteiger partial charge in [0.2, 0.25) is 0 Å². The quantitative estimate of drug-likeness (QED) is 0.850. The Morgan fingerprint density at radius 2 is 2.14 bits per heavy atom. The summed E-state index contributed by atoms with van der Waals surface area (Å²) in [6.45, 7) is 5.48. The summed E-state index contributed by atoms with van der Waals surface area (Å²) in [6.07, 6.45) is 4.17. The molecule has 1 saturated carbocycles. The third kappa shape index (κ3) is 3.61. The molecular formula is C16H22N4O. The molecule has 0 atom stereocenters. The first-order chi connectivity index (χ1) is 10.2. The van der Waals surface area contributed by atoms with Crippen LogP contribution in [0.5, 0.6) is 5.75 Å². The predicted molar refractivity (Wildman–Crippen MR) is 81.0 cm³/mol. The minimum absolute atomic E-state index is 0.290. The molecule has 0 unspecified atom stereocenters. The zero-order chi connectivity index (χ0) is 14.7. The first-order valence-corrected chi connectivity index (χ1v) is 7.56. The molecule has 1 heterocycles. The lowest BCUT2D eigenvalue weighted by atomic mass is 10.2. The van der Waals surface area contributed by atoms with Crippen molar-refractivity contribution in [2.24, 2.45) is 0 Å². The van der Waals surface area contributed by atoms with E-state index in [0.717, 1.165) is 18.1 Å². The van der Waals surface area contributed by atoms with Gasteiger partial charge in [-0.05, 0) is 32.8 Å². The number of rotatable bonds is 7. The smallest absolute Gasteiger partial charge is 0.165 e. The van der Waals surface area contributed by atoms with Crippen molar-refractivity contribution in [1.82, 2.24) is 20.1 Å². The van der Waals surface area contributed by atoms with Gasteiger partial charge in [-0.3, -0.25) is 0 Å². The van der Waals surface area contributed by atoms with Crippen LogP contribution in [-0.2, 0) is 13.2 Å². The summed E-state index contributed by atoms with van der Waals surface area (Å²) in [5.41, 5.74) is 1.19. The van der Waals surface area contributed by atoms with E-state index in [9.17, 15) is 0 Å². The molecule has 0 radical (unpaired) electrons. The van der Waals surface area contributed by atoms with Gasteiger partial charge in [0.05, 0.1) is 0 Å². The summed E-state index contributed by atoms with van der Waals surface area (Å²) < 4.78 is 7.86. The van der Waals surface area contributed by atoms with E-state index in [4.69, 9.17) is 4.74 Å². The van der Waals surface area contributed by atoms with E-state index in [-0.39, 0.29) is 6.04 Å². The Bertz CT molecular complexity index is 589. The second-order valence-electron chi connectivity index (χ2n) is 5.77. The molecule has 0 bridgehead atoms. The zero-order valence-corrected chi connectivity index (χ0v) is 12.6. The molecule has 1 aliphatic carbocycles. The molecule has 21 heavy (non-hydrogen) atoms. The molecule has 0 saturated heterocycles. The number of hydrogen-bond donors (Lipinski definition) is 1. The Kier molecular flexibility index (Phi) is 4.20. The summed E-state index contributed by atoms with van der Waals surface area (Å²) in [5, 5.41) is 7.75. The number of hydrogen-bond acceptors (Lipinski definition) is 4. The number of benzene rings is 1. The Morgan fingerprint density at radius 3 is 2.90 bits per heavy atom. The average molecular weight is 286 g/mol. The van der Waals surface area contributed by atoms with Crippen LogP contribution in [0.4, 0.5) is 0 Å². The predicted octanol–water partition coefficient (Wildman–Crippen LogP) is 2.69. The van der Waals surface area contributed by atoms with Crippen molar-refractivity contribution in [3.8, 4) is 5.75 Å². The van der Waals surface area contributed by atoms with Gasteiger partial charge in [-0.25, -0.2) is 9.67 Å². The van der Waals surface area contributed by atoms with E-state index < -0.39 is 0 Å². The van der Waals surface area contributed by atoms with E-state index in [2.05, 4.69) is 35.3 Å². The van der Waals surface area contributed by atoms with Gasteiger partial charge in [-0.1, -0.05) is 18.2 Å². The molecule has 0 aliphatic heterocycles. The molecule has 0 amide bonds. The second kappa shape index (κ2) is 6.26. The van der Waals surface area contributed by atoms with Crippen LogP contribution in [-0.4, -0.2) is 20.8 Å². The summed E-state index contributed by atoms with van der Waals surface area (Å²) in [6, 6.07) is 9.16. The highest BCUT2D eigenvalue weighted by Crippen LogP contribution is 2.23. The van der Waals surface area contributed by atoms with Crippen molar-refractivity contribution in [3.63, 3.8) is 0 Å². The highest BCUT2D eigenvalue weighted by Gasteiger charge is 2.20. The molecule has 112 valence electrons. The largest absolute Gasteiger partial charge is 0.485 e.